The number of fused-ring (bicyclic) bond motifs is 1. The van der Waals surface area contributed by atoms with Gasteiger partial charge in [0, 0.05) is 36.1 Å². The summed E-state index contributed by atoms with van der Waals surface area (Å²) in [6.45, 7) is 8.83. The molecule has 0 spiro atoms. The zero-order valence-corrected chi connectivity index (χ0v) is 13.5. The quantitative estimate of drug-likeness (QED) is 0.781. The Kier molecular flexibility index (Phi) is 3.89. The molecular weight excluding hydrogens is 248 g/mol. The molecule has 3 heteroatoms. The van der Waals surface area contributed by atoms with E-state index in [0.29, 0.717) is 18.1 Å². The molecule has 1 saturated heterocycles. The number of rotatable bonds is 3. The SMILES string of the molecule is CC1CCCC(NCC2(N)C3CCOC3C2(C)C)CC1. The van der Waals surface area contributed by atoms with Crippen molar-refractivity contribution in [2.45, 2.75) is 77.0 Å². The fourth-order valence-electron chi connectivity index (χ4n) is 4.84. The summed E-state index contributed by atoms with van der Waals surface area (Å²) in [6.07, 6.45) is 8.32. The summed E-state index contributed by atoms with van der Waals surface area (Å²) in [5.41, 5.74) is 6.84. The van der Waals surface area contributed by atoms with Gasteiger partial charge in [-0.25, -0.2) is 0 Å². The van der Waals surface area contributed by atoms with E-state index >= 15 is 0 Å². The summed E-state index contributed by atoms with van der Waals surface area (Å²) in [5, 5.41) is 3.81. The molecule has 0 aromatic carbocycles. The number of hydrogen-bond acceptors (Lipinski definition) is 3. The van der Waals surface area contributed by atoms with E-state index in [1.165, 1.54) is 32.1 Å². The fraction of sp³-hybridized carbons (Fsp3) is 1.00. The molecule has 0 amide bonds. The molecule has 2 saturated carbocycles. The lowest BCUT2D eigenvalue weighted by atomic mass is 9.48. The maximum absolute atomic E-state index is 6.81. The first-order valence-corrected chi connectivity index (χ1v) is 8.59. The molecule has 116 valence electrons. The van der Waals surface area contributed by atoms with Crippen molar-refractivity contribution >= 4 is 0 Å². The Morgan fingerprint density at radius 1 is 1.15 bits per heavy atom. The Balaban J connectivity index is 1.57. The predicted octanol–water partition coefficient (Wildman–Crippen LogP) is 2.69. The molecule has 5 unspecified atom stereocenters. The number of nitrogens with one attached hydrogen (secondary N) is 1. The first kappa shape index (κ1) is 14.8. The minimum atomic E-state index is -0.0773. The minimum absolute atomic E-state index is 0.0773. The van der Waals surface area contributed by atoms with Crippen LogP contribution in [-0.4, -0.2) is 30.8 Å². The molecule has 2 aliphatic carbocycles. The second-order valence-corrected chi connectivity index (χ2v) is 8.14. The zero-order valence-electron chi connectivity index (χ0n) is 13.5. The summed E-state index contributed by atoms with van der Waals surface area (Å²) in [7, 11) is 0. The van der Waals surface area contributed by atoms with Gasteiger partial charge in [-0.3, -0.25) is 0 Å². The Hall–Kier alpha value is -0.120. The van der Waals surface area contributed by atoms with Crippen LogP contribution < -0.4 is 11.1 Å². The lowest BCUT2D eigenvalue weighted by Gasteiger charge is -2.62. The maximum Gasteiger partial charge on any atom is 0.0691 e. The molecule has 1 heterocycles. The van der Waals surface area contributed by atoms with Gasteiger partial charge in [0.2, 0.25) is 0 Å². The molecule has 0 bridgehead atoms. The molecule has 3 fully saturated rings. The van der Waals surface area contributed by atoms with Gasteiger partial charge in [-0.05, 0) is 31.6 Å². The standard InChI is InChI=1S/C17H32N2O/c1-12-5-4-6-13(8-7-12)19-11-17(18)14-9-10-20-15(14)16(17,2)3/h12-15,19H,4-11,18H2,1-3H3. The van der Waals surface area contributed by atoms with Gasteiger partial charge < -0.3 is 15.8 Å². The number of ether oxygens (including phenoxy) is 1. The smallest absolute Gasteiger partial charge is 0.0691 e. The lowest BCUT2D eigenvalue weighted by molar-refractivity contribution is -0.154. The molecule has 0 aromatic rings. The van der Waals surface area contributed by atoms with E-state index in [2.05, 4.69) is 26.1 Å². The largest absolute Gasteiger partial charge is 0.377 e. The third-order valence-electron chi connectivity index (χ3n) is 6.60. The molecule has 0 radical (unpaired) electrons. The van der Waals surface area contributed by atoms with Crippen molar-refractivity contribution in [3.05, 3.63) is 0 Å². The van der Waals surface area contributed by atoms with Crippen LogP contribution in [0.4, 0.5) is 0 Å². The van der Waals surface area contributed by atoms with E-state index in [-0.39, 0.29) is 11.0 Å². The van der Waals surface area contributed by atoms with Crippen molar-refractivity contribution in [2.24, 2.45) is 23.0 Å². The summed E-state index contributed by atoms with van der Waals surface area (Å²) in [5.74, 6) is 1.47. The minimum Gasteiger partial charge on any atom is -0.377 e. The van der Waals surface area contributed by atoms with Crippen LogP contribution in [0.2, 0.25) is 0 Å². The van der Waals surface area contributed by atoms with Gasteiger partial charge in [-0.15, -0.1) is 0 Å². The van der Waals surface area contributed by atoms with Crippen LogP contribution in [-0.2, 0) is 4.74 Å². The van der Waals surface area contributed by atoms with Crippen LogP contribution in [0, 0.1) is 17.3 Å². The Labute approximate surface area is 124 Å². The Bertz CT molecular complexity index is 357. The number of nitrogens with two attached hydrogens (primary N) is 1. The van der Waals surface area contributed by atoms with E-state index in [9.17, 15) is 0 Å². The van der Waals surface area contributed by atoms with Crippen LogP contribution in [0.5, 0.6) is 0 Å². The highest BCUT2D eigenvalue weighted by Crippen LogP contribution is 2.57. The summed E-state index contributed by atoms with van der Waals surface area (Å²) >= 11 is 0. The van der Waals surface area contributed by atoms with E-state index < -0.39 is 0 Å². The van der Waals surface area contributed by atoms with Gasteiger partial charge in [-0.1, -0.05) is 33.6 Å². The Morgan fingerprint density at radius 2 is 1.95 bits per heavy atom. The zero-order chi connectivity index (χ0) is 14.4. The number of hydrogen-bond donors (Lipinski definition) is 2. The van der Waals surface area contributed by atoms with Crippen molar-refractivity contribution < 1.29 is 4.74 Å². The third kappa shape index (κ3) is 2.22. The van der Waals surface area contributed by atoms with E-state index in [1.807, 2.05) is 0 Å². The van der Waals surface area contributed by atoms with Crippen LogP contribution >= 0.6 is 0 Å². The second kappa shape index (κ2) is 5.26. The highest BCUT2D eigenvalue weighted by atomic mass is 16.5. The van der Waals surface area contributed by atoms with Gasteiger partial charge in [0.25, 0.3) is 0 Å². The van der Waals surface area contributed by atoms with Gasteiger partial charge in [0.15, 0.2) is 0 Å². The van der Waals surface area contributed by atoms with Gasteiger partial charge in [-0.2, -0.15) is 0 Å². The van der Waals surface area contributed by atoms with Gasteiger partial charge in [0.1, 0.15) is 0 Å². The highest BCUT2D eigenvalue weighted by Gasteiger charge is 2.67. The van der Waals surface area contributed by atoms with Crippen molar-refractivity contribution in [3.63, 3.8) is 0 Å². The highest BCUT2D eigenvalue weighted by molar-refractivity contribution is 5.21. The molecule has 5 atom stereocenters. The average Bonchev–Trinajstić information content (AvgIpc) is 2.80. The molecule has 3 rings (SSSR count). The van der Waals surface area contributed by atoms with Gasteiger partial charge in [0.05, 0.1) is 6.10 Å². The second-order valence-electron chi connectivity index (χ2n) is 8.14. The Morgan fingerprint density at radius 3 is 2.75 bits per heavy atom. The van der Waals surface area contributed by atoms with Crippen LogP contribution in [0.1, 0.15) is 59.3 Å². The fourth-order valence-corrected chi connectivity index (χ4v) is 4.84. The first-order valence-electron chi connectivity index (χ1n) is 8.59. The molecule has 0 aromatic heterocycles. The average molecular weight is 280 g/mol. The van der Waals surface area contributed by atoms with Crippen molar-refractivity contribution in [1.29, 1.82) is 0 Å². The first-order chi connectivity index (χ1) is 9.45. The monoisotopic (exact) mass is 280 g/mol. The molecule has 1 aliphatic heterocycles. The topological polar surface area (TPSA) is 47.3 Å². The lowest BCUT2D eigenvalue weighted by Crippen LogP contribution is -2.78. The molecule has 20 heavy (non-hydrogen) atoms. The van der Waals surface area contributed by atoms with Crippen molar-refractivity contribution in [2.75, 3.05) is 13.2 Å². The van der Waals surface area contributed by atoms with E-state index in [1.54, 1.807) is 0 Å². The van der Waals surface area contributed by atoms with Crippen molar-refractivity contribution in [1.82, 2.24) is 5.32 Å². The third-order valence-corrected chi connectivity index (χ3v) is 6.60. The van der Waals surface area contributed by atoms with E-state index in [4.69, 9.17) is 10.5 Å². The van der Waals surface area contributed by atoms with Crippen LogP contribution in [0.25, 0.3) is 0 Å². The molecule has 3 aliphatic rings. The van der Waals surface area contributed by atoms with Crippen molar-refractivity contribution in [3.8, 4) is 0 Å². The maximum atomic E-state index is 6.81. The summed E-state index contributed by atoms with van der Waals surface area (Å²) < 4.78 is 5.88. The predicted molar refractivity (Wildman–Crippen MR) is 82.6 cm³/mol. The van der Waals surface area contributed by atoms with Crippen LogP contribution in [0.3, 0.4) is 0 Å². The molecule has 3 nitrogen and oxygen atoms in total. The van der Waals surface area contributed by atoms with Crippen LogP contribution in [0.15, 0.2) is 0 Å². The molecule has 3 N–H and O–H groups in total. The normalized spacial score (nSPS) is 47.4. The summed E-state index contributed by atoms with van der Waals surface area (Å²) in [6, 6.07) is 0.678. The van der Waals surface area contributed by atoms with Gasteiger partial charge >= 0.3 is 0 Å². The van der Waals surface area contributed by atoms with E-state index in [0.717, 1.165) is 25.5 Å². The summed E-state index contributed by atoms with van der Waals surface area (Å²) in [4.78, 5) is 0. The molecular formula is C17H32N2O.